The molecule has 0 aliphatic carbocycles. The van der Waals surface area contributed by atoms with Crippen molar-refractivity contribution < 1.29 is 23.8 Å². The molecule has 0 amide bonds. The fourth-order valence-corrected chi connectivity index (χ4v) is 1.84. The molecule has 0 radical (unpaired) electrons. The van der Waals surface area contributed by atoms with E-state index in [1.54, 1.807) is 0 Å². The van der Waals surface area contributed by atoms with E-state index in [1.807, 2.05) is 27.7 Å². The van der Waals surface area contributed by atoms with Crippen molar-refractivity contribution in [2.75, 3.05) is 13.7 Å². The average Bonchev–Trinajstić information content (AvgIpc) is 2.34. The molecule has 0 aliphatic rings. The van der Waals surface area contributed by atoms with Gasteiger partial charge >= 0.3 is 5.97 Å². The molecule has 0 saturated carbocycles. The molecule has 0 aromatic rings. The number of esters is 1. The molecule has 19 heavy (non-hydrogen) atoms. The Morgan fingerprint density at radius 1 is 1.16 bits per heavy atom. The highest BCUT2D eigenvalue weighted by molar-refractivity contribution is 5.97. The highest BCUT2D eigenvalue weighted by Crippen LogP contribution is 2.21. The summed E-state index contributed by atoms with van der Waals surface area (Å²) in [5.41, 5.74) is 0. The molecular formula is C14H26O5. The molecule has 0 rings (SSSR count). The summed E-state index contributed by atoms with van der Waals surface area (Å²) in [5.74, 6) is -1.32. The van der Waals surface area contributed by atoms with Gasteiger partial charge in [0, 0.05) is 6.61 Å². The minimum absolute atomic E-state index is 0.0518. The smallest absolute Gasteiger partial charge is 0.316 e. The third kappa shape index (κ3) is 6.68. The largest absolute Gasteiger partial charge is 0.468 e. The van der Waals surface area contributed by atoms with Gasteiger partial charge in [-0.1, -0.05) is 6.92 Å². The first kappa shape index (κ1) is 18.1. The maximum absolute atomic E-state index is 11.5. The number of ether oxygens (including phenoxy) is 3. The Kier molecular flexibility index (Phi) is 8.59. The molecule has 0 fully saturated rings. The highest BCUT2D eigenvalue weighted by atomic mass is 16.7. The van der Waals surface area contributed by atoms with E-state index >= 15 is 0 Å². The van der Waals surface area contributed by atoms with Gasteiger partial charge in [-0.15, -0.1) is 0 Å². The second-order valence-corrected chi connectivity index (χ2v) is 4.76. The Bertz CT molecular complexity index is 290. The van der Waals surface area contributed by atoms with Gasteiger partial charge in [0.05, 0.1) is 13.2 Å². The maximum atomic E-state index is 11.5. The second-order valence-electron chi connectivity index (χ2n) is 4.76. The van der Waals surface area contributed by atoms with Crippen LogP contribution in [-0.4, -0.2) is 37.9 Å². The normalized spacial score (nSPS) is 17.4. The summed E-state index contributed by atoms with van der Waals surface area (Å²) in [7, 11) is 1.29. The van der Waals surface area contributed by atoms with Gasteiger partial charge in [-0.05, 0) is 40.0 Å². The van der Waals surface area contributed by atoms with Crippen LogP contribution in [0.5, 0.6) is 0 Å². The number of carbonyl (C=O) groups is 2. The van der Waals surface area contributed by atoms with Crippen LogP contribution in [0.2, 0.25) is 0 Å². The first-order chi connectivity index (χ1) is 8.83. The lowest BCUT2D eigenvalue weighted by Crippen LogP contribution is -2.31. The average molecular weight is 274 g/mol. The van der Waals surface area contributed by atoms with Crippen molar-refractivity contribution >= 4 is 11.8 Å². The van der Waals surface area contributed by atoms with Crippen LogP contribution in [0.3, 0.4) is 0 Å². The molecule has 0 aromatic carbocycles. The predicted molar refractivity (Wildman–Crippen MR) is 71.6 cm³/mol. The molecule has 5 nitrogen and oxygen atoms in total. The summed E-state index contributed by atoms with van der Waals surface area (Å²) in [6, 6.07) is 0. The lowest BCUT2D eigenvalue weighted by atomic mass is 9.90. The first-order valence-corrected chi connectivity index (χ1v) is 6.68. The third-order valence-corrected chi connectivity index (χ3v) is 3.19. The van der Waals surface area contributed by atoms with Gasteiger partial charge < -0.3 is 14.2 Å². The van der Waals surface area contributed by atoms with Gasteiger partial charge in [0.25, 0.3) is 0 Å². The van der Waals surface area contributed by atoms with Crippen LogP contribution < -0.4 is 0 Å². The van der Waals surface area contributed by atoms with Crippen LogP contribution in [0.1, 0.15) is 41.0 Å². The summed E-state index contributed by atoms with van der Waals surface area (Å²) >= 11 is 0. The minimum Gasteiger partial charge on any atom is -0.468 e. The molecule has 0 bridgehead atoms. The van der Waals surface area contributed by atoms with Crippen molar-refractivity contribution in [3.8, 4) is 0 Å². The van der Waals surface area contributed by atoms with Crippen molar-refractivity contribution in [3.63, 3.8) is 0 Å². The lowest BCUT2D eigenvalue weighted by Gasteiger charge is -2.26. The van der Waals surface area contributed by atoms with Gasteiger partial charge in [-0.2, -0.15) is 0 Å². The zero-order valence-corrected chi connectivity index (χ0v) is 12.8. The van der Waals surface area contributed by atoms with Crippen LogP contribution in [0.4, 0.5) is 0 Å². The molecule has 0 aromatic heterocycles. The Balaban J connectivity index is 4.42. The molecule has 0 N–H and O–H groups in total. The number of methoxy groups -OCH3 is 1. The topological polar surface area (TPSA) is 61.8 Å². The van der Waals surface area contributed by atoms with E-state index in [2.05, 4.69) is 4.74 Å². The SMILES string of the molecule is CCOC(C)O[C@H](C)C(C)CC(C(C)=O)C(=O)OC. The van der Waals surface area contributed by atoms with E-state index in [9.17, 15) is 9.59 Å². The van der Waals surface area contributed by atoms with Gasteiger partial charge in [0.2, 0.25) is 0 Å². The van der Waals surface area contributed by atoms with Crippen LogP contribution in [0.25, 0.3) is 0 Å². The molecule has 4 atom stereocenters. The number of rotatable bonds is 9. The van der Waals surface area contributed by atoms with E-state index in [0.717, 1.165) is 0 Å². The predicted octanol–water partition coefficient (Wildman–Crippen LogP) is 2.18. The van der Waals surface area contributed by atoms with E-state index in [1.165, 1.54) is 14.0 Å². The molecule has 3 unspecified atom stereocenters. The summed E-state index contributed by atoms with van der Waals surface area (Å²) < 4.78 is 15.6. The van der Waals surface area contributed by atoms with Crippen molar-refractivity contribution in [2.24, 2.45) is 11.8 Å². The number of Topliss-reactive ketones (excluding diaryl/α,β-unsaturated/α-hetero) is 1. The van der Waals surface area contributed by atoms with E-state index < -0.39 is 11.9 Å². The second kappa shape index (κ2) is 9.04. The number of hydrogen-bond acceptors (Lipinski definition) is 5. The first-order valence-electron chi connectivity index (χ1n) is 6.68. The number of hydrogen-bond donors (Lipinski definition) is 0. The summed E-state index contributed by atoms with van der Waals surface area (Å²) in [6.45, 7) is 9.58. The van der Waals surface area contributed by atoms with Crippen LogP contribution >= 0.6 is 0 Å². The Morgan fingerprint density at radius 3 is 2.16 bits per heavy atom. The quantitative estimate of drug-likeness (QED) is 0.366. The molecule has 0 saturated heterocycles. The molecule has 112 valence electrons. The number of carbonyl (C=O) groups excluding carboxylic acids is 2. The Labute approximate surface area is 115 Å². The lowest BCUT2D eigenvalue weighted by molar-refractivity contribution is -0.166. The zero-order valence-electron chi connectivity index (χ0n) is 12.8. The summed E-state index contributed by atoms with van der Waals surface area (Å²) in [5, 5.41) is 0. The van der Waals surface area contributed by atoms with Crippen LogP contribution in [0, 0.1) is 11.8 Å². The van der Waals surface area contributed by atoms with E-state index in [4.69, 9.17) is 9.47 Å². The highest BCUT2D eigenvalue weighted by Gasteiger charge is 2.29. The van der Waals surface area contributed by atoms with Crippen molar-refractivity contribution in [2.45, 2.75) is 53.4 Å². The fraction of sp³-hybridized carbons (Fsp3) is 0.857. The third-order valence-electron chi connectivity index (χ3n) is 3.19. The summed E-state index contributed by atoms with van der Waals surface area (Å²) in [6.07, 6.45) is 0.0200. The molecule has 0 aliphatic heterocycles. The van der Waals surface area contributed by atoms with Crippen molar-refractivity contribution in [1.29, 1.82) is 0 Å². The van der Waals surface area contributed by atoms with Crippen molar-refractivity contribution in [3.05, 3.63) is 0 Å². The van der Waals surface area contributed by atoms with Crippen molar-refractivity contribution in [1.82, 2.24) is 0 Å². The number of ketones is 1. The fourth-order valence-electron chi connectivity index (χ4n) is 1.84. The Hall–Kier alpha value is -0.940. The molecule has 0 heterocycles. The van der Waals surface area contributed by atoms with E-state index in [0.29, 0.717) is 13.0 Å². The molecule has 0 spiro atoms. The molecule has 5 heteroatoms. The minimum atomic E-state index is -0.714. The summed E-state index contributed by atoms with van der Waals surface area (Å²) in [4.78, 5) is 23.0. The Morgan fingerprint density at radius 2 is 1.74 bits per heavy atom. The van der Waals surface area contributed by atoms with Gasteiger partial charge in [-0.25, -0.2) is 0 Å². The van der Waals surface area contributed by atoms with Crippen LogP contribution in [0.15, 0.2) is 0 Å². The van der Waals surface area contributed by atoms with Gasteiger partial charge in [0.15, 0.2) is 6.29 Å². The van der Waals surface area contributed by atoms with Gasteiger partial charge in [0.1, 0.15) is 11.7 Å². The van der Waals surface area contributed by atoms with Gasteiger partial charge in [-0.3, -0.25) is 9.59 Å². The van der Waals surface area contributed by atoms with Crippen LogP contribution in [-0.2, 0) is 23.8 Å². The molecular weight excluding hydrogens is 248 g/mol. The monoisotopic (exact) mass is 274 g/mol. The maximum Gasteiger partial charge on any atom is 0.316 e. The van der Waals surface area contributed by atoms with E-state index in [-0.39, 0.29) is 24.1 Å². The zero-order chi connectivity index (χ0) is 15.0. The standard InChI is InChI=1S/C14H26O5/c1-7-18-12(5)19-11(4)9(2)8-13(10(3)15)14(16)17-6/h9,11-13H,7-8H2,1-6H3/t9?,11-,12?,13?/m1/s1.